The van der Waals surface area contributed by atoms with Gasteiger partial charge in [-0.2, -0.15) is 0 Å². The van der Waals surface area contributed by atoms with Crippen molar-refractivity contribution in [2.24, 2.45) is 0 Å². The molecule has 0 saturated carbocycles. The second kappa shape index (κ2) is 7.10. The van der Waals surface area contributed by atoms with Gasteiger partial charge < -0.3 is 14.2 Å². The molecule has 0 N–H and O–H groups in total. The van der Waals surface area contributed by atoms with Crippen LogP contribution in [0, 0.1) is 17.5 Å². The highest BCUT2D eigenvalue weighted by atomic mass is 19.1. The molecule has 0 amide bonds. The lowest BCUT2D eigenvalue weighted by atomic mass is 10.1. The van der Waals surface area contributed by atoms with E-state index in [1.54, 1.807) is 0 Å². The summed E-state index contributed by atoms with van der Waals surface area (Å²) in [6.07, 6.45) is 0.324. The number of hydrogen-bond donors (Lipinski definition) is 0. The fourth-order valence-electron chi connectivity index (χ4n) is 2.48. The summed E-state index contributed by atoms with van der Waals surface area (Å²) in [4.78, 5) is 15.2. The number of carbonyl (C=O) groups excluding carboxylic acids is 1. The molecule has 1 aliphatic heterocycles. The molecule has 1 saturated heterocycles. The average molecular weight is 353 g/mol. The largest absolute Gasteiger partial charge is 0.488 e. The molecule has 25 heavy (non-hydrogen) atoms. The zero-order valence-corrected chi connectivity index (χ0v) is 13.2. The van der Waals surface area contributed by atoms with Crippen molar-refractivity contribution in [3.05, 3.63) is 47.4 Å². The van der Waals surface area contributed by atoms with Crippen LogP contribution in [0.1, 0.15) is 16.9 Å². The number of nitrogens with zero attached hydrogens (tertiary/aromatic N) is 1. The Kier molecular flexibility index (Phi) is 4.89. The smallest absolute Gasteiger partial charge is 0.356 e. The van der Waals surface area contributed by atoms with Crippen LogP contribution in [0.25, 0.3) is 11.3 Å². The number of ether oxygens (including phenoxy) is 3. The monoisotopic (exact) mass is 353 g/mol. The maximum atomic E-state index is 14.4. The lowest BCUT2D eigenvalue weighted by molar-refractivity contribution is 0.0594. The van der Waals surface area contributed by atoms with Crippen LogP contribution in [0.2, 0.25) is 0 Å². The third kappa shape index (κ3) is 3.58. The molecule has 0 radical (unpaired) electrons. The molecule has 1 aromatic carbocycles. The van der Waals surface area contributed by atoms with Crippen molar-refractivity contribution >= 4 is 5.97 Å². The number of rotatable bonds is 4. The summed E-state index contributed by atoms with van der Waals surface area (Å²) in [5.41, 5.74) is -1.56. The van der Waals surface area contributed by atoms with E-state index in [2.05, 4.69) is 9.72 Å². The highest BCUT2D eigenvalue weighted by molar-refractivity contribution is 5.87. The van der Waals surface area contributed by atoms with Gasteiger partial charge in [-0.05, 0) is 12.1 Å². The second-order valence-corrected chi connectivity index (χ2v) is 5.38. The molecule has 8 heteroatoms. The molecule has 1 aliphatic rings. The highest BCUT2D eigenvalue weighted by Gasteiger charge is 2.23. The van der Waals surface area contributed by atoms with E-state index < -0.39 is 34.7 Å². The molecule has 1 aromatic heterocycles. The van der Waals surface area contributed by atoms with Crippen molar-refractivity contribution < 1.29 is 32.2 Å². The van der Waals surface area contributed by atoms with E-state index in [4.69, 9.17) is 9.47 Å². The average Bonchev–Trinajstić information content (AvgIpc) is 3.08. The highest BCUT2D eigenvalue weighted by Crippen LogP contribution is 2.31. The third-order valence-corrected chi connectivity index (χ3v) is 3.68. The van der Waals surface area contributed by atoms with Gasteiger partial charge in [0.2, 0.25) is 0 Å². The summed E-state index contributed by atoms with van der Waals surface area (Å²) < 4.78 is 57.8. The van der Waals surface area contributed by atoms with Crippen LogP contribution < -0.4 is 4.74 Å². The van der Waals surface area contributed by atoms with Gasteiger partial charge in [0.15, 0.2) is 0 Å². The molecular formula is C17H14F3NO4. The standard InChI is InChI=1S/C17H14F3NO4/c1-23-17(22)14-3-2-11(18)16(21-14)15-12(19)6-10(7-13(15)20)25-9-4-5-24-8-9/h2-3,6-7,9H,4-5,8H2,1H3/t9-/m0/s1. The third-order valence-electron chi connectivity index (χ3n) is 3.68. The predicted octanol–water partition coefficient (Wildman–Crippen LogP) is 3.12. The summed E-state index contributed by atoms with van der Waals surface area (Å²) in [7, 11) is 1.12. The van der Waals surface area contributed by atoms with E-state index in [1.807, 2.05) is 0 Å². The molecule has 132 valence electrons. The number of esters is 1. The summed E-state index contributed by atoms with van der Waals surface area (Å²) in [6.45, 7) is 0.853. The zero-order chi connectivity index (χ0) is 18.0. The normalized spacial score (nSPS) is 16.7. The molecule has 3 rings (SSSR count). The van der Waals surface area contributed by atoms with E-state index in [1.165, 1.54) is 0 Å². The molecule has 2 heterocycles. The summed E-state index contributed by atoms with van der Waals surface area (Å²) >= 11 is 0. The first-order valence-corrected chi connectivity index (χ1v) is 7.48. The first-order chi connectivity index (χ1) is 12.0. The van der Waals surface area contributed by atoms with Crippen molar-refractivity contribution in [2.45, 2.75) is 12.5 Å². The number of benzene rings is 1. The number of hydrogen-bond acceptors (Lipinski definition) is 5. The Hall–Kier alpha value is -2.61. The van der Waals surface area contributed by atoms with Crippen LogP contribution in [0.5, 0.6) is 5.75 Å². The molecule has 0 bridgehead atoms. The molecule has 5 nitrogen and oxygen atoms in total. The fourth-order valence-corrected chi connectivity index (χ4v) is 2.48. The van der Waals surface area contributed by atoms with E-state index in [9.17, 15) is 18.0 Å². The predicted molar refractivity (Wildman–Crippen MR) is 80.7 cm³/mol. The van der Waals surface area contributed by atoms with Crippen LogP contribution in [0.3, 0.4) is 0 Å². The Labute approximate surface area is 141 Å². The van der Waals surface area contributed by atoms with Gasteiger partial charge in [-0.1, -0.05) is 0 Å². The van der Waals surface area contributed by atoms with Crippen molar-refractivity contribution in [2.75, 3.05) is 20.3 Å². The maximum absolute atomic E-state index is 14.4. The fraction of sp³-hybridized carbons (Fsp3) is 0.294. The molecule has 0 unspecified atom stereocenters. The Morgan fingerprint density at radius 1 is 1.20 bits per heavy atom. The quantitative estimate of drug-likeness (QED) is 0.791. The lowest BCUT2D eigenvalue weighted by Gasteiger charge is -2.14. The van der Waals surface area contributed by atoms with Crippen molar-refractivity contribution in [3.8, 4) is 17.0 Å². The van der Waals surface area contributed by atoms with E-state index in [0.717, 1.165) is 31.4 Å². The van der Waals surface area contributed by atoms with Gasteiger partial charge in [0, 0.05) is 18.6 Å². The molecule has 0 spiro atoms. The number of carbonyl (C=O) groups is 1. The van der Waals surface area contributed by atoms with E-state index in [0.29, 0.717) is 19.6 Å². The first kappa shape index (κ1) is 17.2. The number of methoxy groups -OCH3 is 1. The second-order valence-electron chi connectivity index (χ2n) is 5.38. The summed E-state index contributed by atoms with van der Waals surface area (Å²) in [5, 5.41) is 0. The van der Waals surface area contributed by atoms with Crippen LogP contribution in [0.15, 0.2) is 24.3 Å². The van der Waals surface area contributed by atoms with Gasteiger partial charge in [0.1, 0.15) is 40.7 Å². The summed E-state index contributed by atoms with van der Waals surface area (Å²) in [6, 6.07) is 3.86. The lowest BCUT2D eigenvalue weighted by Crippen LogP contribution is -2.16. The molecule has 1 atom stereocenters. The minimum Gasteiger partial charge on any atom is -0.488 e. The van der Waals surface area contributed by atoms with Gasteiger partial charge >= 0.3 is 5.97 Å². The summed E-state index contributed by atoms with van der Waals surface area (Å²) in [5.74, 6) is -3.95. The van der Waals surface area contributed by atoms with Crippen molar-refractivity contribution in [1.29, 1.82) is 0 Å². The minimum absolute atomic E-state index is 0.0289. The Morgan fingerprint density at radius 2 is 1.92 bits per heavy atom. The number of halogens is 3. The Morgan fingerprint density at radius 3 is 2.52 bits per heavy atom. The Balaban J connectivity index is 1.98. The van der Waals surface area contributed by atoms with Crippen molar-refractivity contribution in [1.82, 2.24) is 4.98 Å². The zero-order valence-electron chi connectivity index (χ0n) is 13.2. The van der Waals surface area contributed by atoms with Gasteiger partial charge in [-0.25, -0.2) is 22.9 Å². The first-order valence-electron chi connectivity index (χ1n) is 7.48. The van der Waals surface area contributed by atoms with Gasteiger partial charge in [-0.3, -0.25) is 0 Å². The number of pyridine rings is 1. The van der Waals surface area contributed by atoms with Gasteiger partial charge in [-0.15, -0.1) is 0 Å². The molecule has 1 fully saturated rings. The number of aromatic nitrogens is 1. The topological polar surface area (TPSA) is 57.7 Å². The minimum atomic E-state index is -1.05. The van der Waals surface area contributed by atoms with Gasteiger partial charge in [0.25, 0.3) is 0 Å². The van der Waals surface area contributed by atoms with E-state index in [-0.39, 0.29) is 17.5 Å². The molecule has 2 aromatic rings. The van der Waals surface area contributed by atoms with Crippen LogP contribution in [0.4, 0.5) is 13.2 Å². The van der Waals surface area contributed by atoms with Crippen LogP contribution in [-0.2, 0) is 9.47 Å². The van der Waals surface area contributed by atoms with Crippen LogP contribution >= 0.6 is 0 Å². The molecule has 0 aliphatic carbocycles. The van der Waals surface area contributed by atoms with Gasteiger partial charge in [0.05, 0.1) is 25.9 Å². The Bertz CT molecular complexity index is 783. The van der Waals surface area contributed by atoms with E-state index >= 15 is 0 Å². The molecular weight excluding hydrogens is 339 g/mol. The van der Waals surface area contributed by atoms with Crippen LogP contribution in [-0.4, -0.2) is 37.4 Å². The van der Waals surface area contributed by atoms with Crippen molar-refractivity contribution in [3.63, 3.8) is 0 Å². The SMILES string of the molecule is COC(=O)c1ccc(F)c(-c2c(F)cc(O[C@H]3CCOC3)cc2F)n1. The maximum Gasteiger partial charge on any atom is 0.356 e.